The van der Waals surface area contributed by atoms with Crippen molar-refractivity contribution >= 4 is 5.97 Å². The fourth-order valence-electron chi connectivity index (χ4n) is 3.41. The van der Waals surface area contributed by atoms with Crippen LogP contribution in [0.4, 0.5) is 0 Å². The standard InChI is InChI=1S/C26H29NO3/c1-26(2,25(28)29-3)18-10-11-19-30-23-17-16-22(20-12-6-4-7-13-20)24(27-23)21-14-8-5-9-15-21/h4-9,12-17H,10-11,18-19H2,1-3H3. The second-order valence-electron chi connectivity index (χ2n) is 7.96. The van der Waals surface area contributed by atoms with Crippen LogP contribution in [0.3, 0.4) is 0 Å². The van der Waals surface area contributed by atoms with Crippen molar-refractivity contribution in [2.45, 2.75) is 33.1 Å². The molecule has 0 spiro atoms. The van der Waals surface area contributed by atoms with Gasteiger partial charge in [-0.25, -0.2) is 4.98 Å². The highest BCUT2D eigenvalue weighted by Gasteiger charge is 2.27. The molecule has 1 heterocycles. The third-order valence-corrected chi connectivity index (χ3v) is 5.19. The topological polar surface area (TPSA) is 48.4 Å². The summed E-state index contributed by atoms with van der Waals surface area (Å²) in [6.45, 7) is 4.38. The minimum atomic E-state index is -0.467. The lowest BCUT2D eigenvalue weighted by atomic mass is 9.87. The lowest BCUT2D eigenvalue weighted by Gasteiger charge is -2.21. The van der Waals surface area contributed by atoms with Crippen LogP contribution in [-0.2, 0) is 9.53 Å². The molecule has 30 heavy (non-hydrogen) atoms. The molecule has 0 saturated carbocycles. The quantitative estimate of drug-likeness (QED) is 0.317. The fraction of sp³-hybridized carbons (Fsp3) is 0.308. The molecule has 0 bridgehead atoms. The first kappa shape index (κ1) is 21.6. The summed E-state index contributed by atoms with van der Waals surface area (Å²) >= 11 is 0. The van der Waals surface area contributed by atoms with Gasteiger partial charge in [0.15, 0.2) is 0 Å². The molecular weight excluding hydrogens is 374 g/mol. The van der Waals surface area contributed by atoms with E-state index in [9.17, 15) is 4.79 Å². The number of carbonyl (C=O) groups is 1. The molecule has 0 fully saturated rings. The molecule has 0 aliphatic rings. The highest BCUT2D eigenvalue weighted by atomic mass is 16.5. The van der Waals surface area contributed by atoms with E-state index in [1.54, 1.807) is 0 Å². The van der Waals surface area contributed by atoms with E-state index in [-0.39, 0.29) is 5.97 Å². The van der Waals surface area contributed by atoms with Gasteiger partial charge < -0.3 is 9.47 Å². The number of carbonyl (C=O) groups excluding carboxylic acids is 1. The molecule has 1 aromatic heterocycles. The SMILES string of the molecule is COC(=O)C(C)(C)CCCCOc1ccc(-c2ccccc2)c(-c2ccccc2)n1. The van der Waals surface area contributed by atoms with Crippen LogP contribution in [0.25, 0.3) is 22.4 Å². The number of nitrogens with zero attached hydrogens (tertiary/aromatic N) is 1. The van der Waals surface area contributed by atoms with Crippen LogP contribution in [0, 0.1) is 5.41 Å². The maximum absolute atomic E-state index is 11.8. The third-order valence-electron chi connectivity index (χ3n) is 5.19. The van der Waals surface area contributed by atoms with Crippen molar-refractivity contribution in [1.82, 2.24) is 4.98 Å². The number of pyridine rings is 1. The number of hydrogen-bond donors (Lipinski definition) is 0. The van der Waals surface area contributed by atoms with Crippen molar-refractivity contribution in [3.63, 3.8) is 0 Å². The average molecular weight is 404 g/mol. The van der Waals surface area contributed by atoms with E-state index in [4.69, 9.17) is 14.5 Å². The molecule has 0 aliphatic heterocycles. The maximum Gasteiger partial charge on any atom is 0.311 e. The van der Waals surface area contributed by atoms with Crippen molar-refractivity contribution < 1.29 is 14.3 Å². The molecule has 0 radical (unpaired) electrons. The van der Waals surface area contributed by atoms with Gasteiger partial charge in [-0.15, -0.1) is 0 Å². The van der Waals surface area contributed by atoms with Crippen molar-refractivity contribution in [3.05, 3.63) is 72.8 Å². The van der Waals surface area contributed by atoms with Crippen LogP contribution in [0.1, 0.15) is 33.1 Å². The Bertz CT molecular complexity index is 953. The lowest BCUT2D eigenvalue weighted by molar-refractivity contribution is -0.151. The number of hydrogen-bond acceptors (Lipinski definition) is 4. The summed E-state index contributed by atoms with van der Waals surface area (Å²) in [5.74, 6) is 0.440. The Labute approximate surface area is 178 Å². The van der Waals surface area contributed by atoms with E-state index in [1.807, 2.05) is 56.3 Å². The number of ether oxygens (including phenoxy) is 2. The van der Waals surface area contributed by atoms with Crippen LogP contribution >= 0.6 is 0 Å². The largest absolute Gasteiger partial charge is 0.478 e. The predicted octanol–water partition coefficient (Wildman–Crippen LogP) is 6.16. The van der Waals surface area contributed by atoms with E-state index in [0.29, 0.717) is 12.5 Å². The smallest absolute Gasteiger partial charge is 0.311 e. The summed E-state index contributed by atoms with van der Waals surface area (Å²) in [5, 5.41) is 0. The molecule has 0 atom stereocenters. The van der Waals surface area contributed by atoms with E-state index in [1.165, 1.54) is 7.11 Å². The number of aromatic nitrogens is 1. The molecule has 2 aromatic carbocycles. The van der Waals surface area contributed by atoms with Gasteiger partial charge >= 0.3 is 5.97 Å². The molecule has 0 amide bonds. The number of unbranched alkanes of at least 4 members (excludes halogenated alkanes) is 1. The zero-order valence-corrected chi connectivity index (χ0v) is 17.9. The molecule has 0 unspecified atom stereocenters. The van der Waals surface area contributed by atoms with Crippen molar-refractivity contribution in [2.75, 3.05) is 13.7 Å². The Morgan fingerprint density at radius 3 is 2.13 bits per heavy atom. The molecule has 3 aromatic rings. The molecular formula is C26H29NO3. The van der Waals surface area contributed by atoms with Gasteiger partial charge in [-0.05, 0) is 44.7 Å². The Morgan fingerprint density at radius 1 is 0.867 bits per heavy atom. The zero-order valence-electron chi connectivity index (χ0n) is 17.9. The van der Waals surface area contributed by atoms with Gasteiger partial charge in [-0.3, -0.25) is 4.79 Å². The maximum atomic E-state index is 11.8. The van der Waals surface area contributed by atoms with Crippen LogP contribution in [0.15, 0.2) is 72.8 Å². The van der Waals surface area contributed by atoms with Crippen LogP contribution in [0.2, 0.25) is 0 Å². The molecule has 4 nitrogen and oxygen atoms in total. The molecule has 156 valence electrons. The normalized spacial score (nSPS) is 11.2. The Hall–Kier alpha value is -3.14. The van der Waals surface area contributed by atoms with Crippen molar-refractivity contribution in [1.29, 1.82) is 0 Å². The molecule has 3 rings (SSSR count). The average Bonchev–Trinajstić information content (AvgIpc) is 2.79. The summed E-state index contributed by atoms with van der Waals surface area (Å²) in [6.07, 6.45) is 2.50. The Morgan fingerprint density at radius 2 is 1.50 bits per heavy atom. The summed E-state index contributed by atoms with van der Waals surface area (Å²) in [5.41, 5.74) is 3.70. The minimum absolute atomic E-state index is 0.172. The van der Waals surface area contributed by atoms with Gasteiger partial charge in [0, 0.05) is 17.2 Å². The number of methoxy groups -OCH3 is 1. The highest BCUT2D eigenvalue weighted by Crippen LogP contribution is 2.32. The summed E-state index contributed by atoms with van der Waals surface area (Å²) in [7, 11) is 1.43. The first-order chi connectivity index (χ1) is 14.5. The first-order valence-electron chi connectivity index (χ1n) is 10.3. The summed E-state index contributed by atoms with van der Waals surface area (Å²) < 4.78 is 10.8. The summed E-state index contributed by atoms with van der Waals surface area (Å²) in [6, 6.07) is 24.4. The van der Waals surface area contributed by atoms with Crippen molar-refractivity contribution in [3.8, 4) is 28.3 Å². The second kappa shape index (κ2) is 10.1. The lowest BCUT2D eigenvalue weighted by Crippen LogP contribution is -2.25. The third kappa shape index (κ3) is 5.47. The van der Waals surface area contributed by atoms with Gasteiger partial charge in [0.1, 0.15) is 0 Å². The number of esters is 1. The van der Waals surface area contributed by atoms with E-state index in [2.05, 4.69) is 30.3 Å². The van der Waals surface area contributed by atoms with Gasteiger partial charge in [0.25, 0.3) is 0 Å². The Balaban J connectivity index is 1.69. The van der Waals surface area contributed by atoms with Crippen LogP contribution < -0.4 is 4.74 Å². The van der Waals surface area contributed by atoms with Gasteiger partial charge in [-0.1, -0.05) is 60.7 Å². The summed E-state index contributed by atoms with van der Waals surface area (Å²) in [4.78, 5) is 16.6. The molecule has 0 aliphatic carbocycles. The van der Waals surface area contributed by atoms with Gasteiger partial charge in [0.05, 0.1) is 24.8 Å². The zero-order chi connectivity index (χ0) is 21.4. The second-order valence-corrected chi connectivity index (χ2v) is 7.96. The van der Waals surface area contributed by atoms with E-state index in [0.717, 1.165) is 41.6 Å². The Kier molecular flexibility index (Phi) is 7.23. The first-order valence-corrected chi connectivity index (χ1v) is 10.3. The van der Waals surface area contributed by atoms with Crippen LogP contribution in [0.5, 0.6) is 5.88 Å². The predicted molar refractivity (Wildman–Crippen MR) is 120 cm³/mol. The monoisotopic (exact) mass is 403 g/mol. The molecule has 4 heteroatoms. The van der Waals surface area contributed by atoms with E-state index >= 15 is 0 Å². The van der Waals surface area contributed by atoms with E-state index < -0.39 is 5.41 Å². The molecule has 0 saturated heterocycles. The number of rotatable bonds is 9. The number of benzene rings is 2. The van der Waals surface area contributed by atoms with Gasteiger partial charge in [0.2, 0.25) is 5.88 Å². The highest BCUT2D eigenvalue weighted by molar-refractivity contribution is 5.81. The minimum Gasteiger partial charge on any atom is -0.478 e. The fourth-order valence-corrected chi connectivity index (χ4v) is 3.41. The van der Waals surface area contributed by atoms with Gasteiger partial charge in [-0.2, -0.15) is 0 Å². The van der Waals surface area contributed by atoms with Crippen molar-refractivity contribution in [2.24, 2.45) is 5.41 Å². The van der Waals surface area contributed by atoms with Crippen LogP contribution in [-0.4, -0.2) is 24.7 Å². The molecule has 0 N–H and O–H groups in total.